The van der Waals surface area contributed by atoms with E-state index in [2.05, 4.69) is 29.6 Å². The monoisotopic (exact) mass is 469 g/mol. The van der Waals surface area contributed by atoms with Gasteiger partial charge in [0, 0.05) is 24.8 Å². The number of nitrogens with one attached hydrogen (secondary N) is 1. The SMILES string of the molecule is O=C(CCC/C=C\C[C@@H]1[C@@H](/C=C/[C@@H](O)CCc2ccccc2)[C@H](O)C[C@@H]1O)NC1CCCCC1. The van der Waals surface area contributed by atoms with E-state index in [-0.39, 0.29) is 17.7 Å². The van der Waals surface area contributed by atoms with E-state index in [1.54, 1.807) is 6.08 Å². The van der Waals surface area contributed by atoms with Crippen molar-refractivity contribution in [1.82, 2.24) is 5.32 Å². The molecule has 0 radical (unpaired) electrons. The Bertz CT molecular complexity index is 772. The van der Waals surface area contributed by atoms with Crippen LogP contribution in [0.1, 0.15) is 76.2 Å². The molecule has 5 heteroatoms. The molecule has 0 unspecified atom stereocenters. The summed E-state index contributed by atoms with van der Waals surface area (Å²) in [6.07, 6.45) is 16.8. The summed E-state index contributed by atoms with van der Waals surface area (Å²) in [5, 5.41) is 34.4. The molecule has 0 aliphatic heterocycles. The minimum absolute atomic E-state index is 0.0570. The lowest BCUT2D eigenvalue weighted by Gasteiger charge is -2.22. The molecule has 1 aromatic carbocycles. The average Bonchev–Trinajstić information content (AvgIpc) is 3.11. The summed E-state index contributed by atoms with van der Waals surface area (Å²) < 4.78 is 0. The molecule has 2 aliphatic carbocycles. The zero-order valence-electron chi connectivity index (χ0n) is 20.4. The quantitative estimate of drug-likeness (QED) is 0.269. The van der Waals surface area contributed by atoms with Gasteiger partial charge in [-0.25, -0.2) is 0 Å². The van der Waals surface area contributed by atoms with Gasteiger partial charge in [0.2, 0.25) is 5.91 Å². The van der Waals surface area contributed by atoms with Crippen molar-refractivity contribution in [3.8, 4) is 0 Å². The van der Waals surface area contributed by atoms with Crippen LogP contribution in [0.5, 0.6) is 0 Å². The summed E-state index contributed by atoms with van der Waals surface area (Å²) in [5.41, 5.74) is 1.20. The predicted octanol–water partition coefficient (Wildman–Crippen LogP) is 4.46. The Morgan fingerprint density at radius 2 is 1.82 bits per heavy atom. The maximum atomic E-state index is 12.1. The fraction of sp³-hybridized carbons (Fsp3) is 0.621. The second-order valence-electron chi connectivity index (χ2n) is 10.1. The highest BCUT2D eigenvalue weighted by molar-refractivity contribution is 5.76. The third kappa shape index (κ3) is 9.01. The lowest BCUT2D eigenvalue weighted by molar-refractivity contribution is -0.122. The van der Waals surface area contributed by atoms with Crippen molar-refractivity contribution >= 4 is 5.91 Å². The second kappa shape index (κ2) is 14.4. The number of benzene rings is 1. The van der Waals surface area contributed by atoms with Crippen molar-refractivity contribution in [2.45, 2.75) is 101 Å². The molecule has 1 aromatic rings. The van der Waals surface area contributed by atoms with Gasteiger partial charge in [-0.3, -0.25) is 4.79 Å². The van der Waals surface area contributed by atoms with Crippen LogP contribution in [0.3, 0.4) is 0 Å². The first-order valence-electron chi connectivity index (χ1n) is 13.2. The number of allylic oxidation sites excluding steroid dienone is 2. The van der Waals surface area contributed by atoms with Gasteiger partial charge in [-0.2, -0.15) is 0 Å². The van der Waals surface area contributed by atoms with Crippen LogP contribution in [0.25, 0.3) is 0 Å². The average molecular weight is 470 g/mol. The first-order chi connectivity index (χ1) is 16.5. The topological polar surface area (TPSA) is 89.8 Å². The number of rotatable bonds is 12. The smallest absolute Gasteiger partial charge is 0.220 e. The normalized spacial score (nSPS) is 26.9. The van der Waals surface area contributed by atoms with Crippen LogP contribution in [0.15, 0.2) is 54.6 Å². The summed E-state index contributed by atoms with van der Waals surface area (Å²) in [7, 11) is 0. The van der Waals surface area contributed by atoms with Crippen molar-refractivity contribution in [3.05, 3.63) is 60.2 Å². The third-order valence-corrected chi connectivity index (χ3v) is 7.36. The molecule has 0 bridgehead atoms. The number of aryl methyl sites for hydroxylation is 1. The Morgan fingerprint density at radius 3 is 2.59 bits per heavy atom. The maximum Gasteiger partial charge on any atom is 0.220 e. The molecule has 0 spiro atoms. The predicted molar refractivity (Wildman–Crippen MR) is 136 cm³/mol. The summed E-state index contributed by atoms with van der Waals surface area (Å²) in [6.45, 7) is 0. The Labute approximate surface area is 205 Å². The molecule has 0 saturated heterocycles. The van der Waals surface area contributed by atoms with Crippen LogP contribution in [-0.2, 0) is 11.2 Å². The minimum Gasteiger partial charge on any atom is -0.393 e. The van der Waals surface area contributed by atoms with E-state index in [1.165, 1.54) is 24.8 Å². The van der Waals surface area contributed by atoms with Gasteiger partial charge < -0.3 is 20.6 Å². The minimum atomic E-state index is -0.588. The van der Waals surface area contributed by atoms with E-state index in [0.29, 0.717) is 31.7 Å². The molecule has 188 valence electrons. The molecule has 0 aromatic heterocycles. The van der Waals surface area contributed by atoms with Crippen molar-refractivity contribution in [1.29, 1.82) is 0 Å². The highest BCUT2D eigenvalue weighted by Gasteiger charge is 2.39. The molecule has 4 N–H and O–H groups in total. The fourth-order valence-electron chi connectivity index (χ4n) is 5.32. The van der Waals surface area contributed by atoms with E-state index in [0.717, 1.165) is 32.1 Å². The molecule has 2 fully saturated rings. The molecule has 1 amide bonds. The summed E-state index contributed by atoms with van der Waals surface area (Å²) in [6, 6.07) is 10.5. The van der Waals surface area contributed by atoms with Crippen LogP contribution < -0.4 is 5.32 Å². The zero-order valence-corrected chi connectivity index (χ0v) is 20.4. The Morgan fingerprint density at radius 1 is 1.06 bits per heavy atom. The van der Waals surface area contributed by atoms with Gasteiger partial charge in [0.15, 0.2) is 0 Å². The van der Waals surface area contributed by atoms with E-state index in [4.69, 9.17) is 0 Å². The number of hydrogen-bond acceptors (Lipinski definition) is 4. The van der Waals surface area contributed by atoms with Crippen LogP contribution >= 0.6 is 0 Å². The number of hydrogen-bond donors (Lipinski definition) is 4. The standard InChI is InChI=1S/C29H43NO4/c31-24(18-17-22-11-5-3-6-12-22)19-20-26-25(27(32)21-28(26)33)15-9-1-2-10-16-29(34)30-23-13-7-4-8-14-23/h1,3,5-6,9,11-12,19-20,23-28,31-33H,2,4,7-8,10,13-18,21H2,(H,30,34)/b9-1-,20-19+/t24-,25+,26+,27-,28+/m0/s1. The molecule has 5 nitrogen and oxygen atoms in total. The number of unbranched alkanes of at least 4 members (excludes halogenated alkanes) is 1. The van der Waals surface area contributed by atoms with Crippen molar-refractivity contribution in [2.24, 2.45) is 11.8 Å². The van der Waals surface area contributed by atoms with Gasteiger partial charge in [0.25, 0.3) is 0 Å². The fourth-order valence-corrected chi connectivity index (χ4v) is 5.32. The van der Waals surface area contributed by atoms with Crippen LogP contribution in [0, 0.1) is 11.8 Å². The van der Waals surface area contributed by atoms with Gasteiger partial charge in [-0.15, -0.1) is 0 Å². The number of carbonyl (C=O) groups excluding carboxylic acids is 1. The number of aliphatic hydroxyl groups excluding tert-OH is 3. The van der Waals surface area contributed by atoms with E-state index in [9.17, 15) is 20.1 Å². The molecule has 34 heavy (non-hydrogen) atoms. The Balaban J connectivity index is 1.36. The van der Waals surface area contributed by atoms with Crippen molar-refractivity contribution in [2.75, 3.05) is 0 Å². The highest BCUT2D eigenvalue weighted by Crippen LogP contribution is 2.36. The molecule has 2 aliphatic rings. The van der Waals surface area contributed by atoms with Gasteiger partial charge >= 0.3 is 0 Å². The Hall–Kier alpha value is -1.95. The van der Waals surface area contributed by atoms with Gasteiger partial charge in [0.05, 0.1) is 18.3 Å². The largest absolute Gasteiger partial charge is 0.393 e. The van der Waals surface area contributed by atoms with Gasteiger partial charge in [0.1, 0.15) is 0 Å². The van der Waals surface area contributed by atoms with Crippen LogP contribution in [0.2, 0.25) is 0 Å². The Kier molecular flexibility index (Phi) is 11.3. The zero-order chi connectivity index (χ0) is 24.2. The lowest BCUT2D eigenvalue weighted by Crippen LogP contribution is -2.35. The number of aliphatic hydroxyl groups is 3. The summed E-state index contributed by atoms with van der Waals surface area (Å²) in [4.78, 5) is 12.1. The molecular weight excluding hydrogens is 426 g/mol. The lowest BCUT2D eigenvalue weighted by atomic mass is 9.89. The highest BCUT2D eigenvalue weighted by atomic mass is 16.3. The molecule has 3 rings (SSSR count). The molecule has 2 saturated carbocycles. The van der Waals surface area contributed by atoms with E-state index < -0.39 is 18.3 Å². The molecular formula is C29H43NO4. The maximum absolute atomic E-state index is 12.1. The first kappa shape index (κ1) is 26.7. The molecule has 0 heterocycles. The summed E-state index contributed by atoms with van der Waals surface area (Å²) in [5.74, 6) is -0.0589. The second-order valence-corrected chi connectivity index (χ2v) is 10.1. The van der Waals surface area contributed by atoms with Gasteiger partial charge in [-0.1, -0.05) is 73.9 Å². The number of carbonyl (C=O) groups is 1. The van der Waals surface area contributed by atoms with Gasteiger partial charge in [-0.05, 0) is 56.4 Å². The van der Waals surface area contributed by atoms with E-state index >= 15 is 0 Å². The molecule has 5 atom stereocenters. The van der Waals surface area contributed by atoms with E-state index in [1.807, 2.05) is 24.3 Å². The van der Waals surface area contributed by atoms with Crippen LogP contribution in [0.4, 0.5) is 0 Å². The van der Waals surface area contributed by atoms with Crippen molar-refractivity contribution in [3.63, 3.8) is 0 Å². The summed E-state index contributed by atoms with van der Waals surface area (Å²) >= 11 is 0. The third-order valence-electron chi connectivity index (χ3n) is 7.36. The first-order valence-corrected chi connectivity index (χ1v) is 13.2. The number of amides is 1. The van der Waals surface area contributed by atoms with Crippen LogP contribution in [-0.4, -0.2) is 45.6 Å². The van der Waals surface area contributed by atoms with Crippen molar-refractivity contribution < 1.29 is 20.1 Å².